The molecule has 1 N–H and O–H groups in total. The van der Waals surface area contributed by atoms with Gasteiger partial charge in [-0.25, -0.2) is 9.59 Å². The van der Waals surface area contributed by atoms with Gasteiger partial charge in [-0.2, -0.15) is 5.06 Å². The Labute approximate surface area is 132 Å². The molecule has 11 heteroatoms. The second kappa shape index (κ2) is 6.20. The summed E-state index contributed by atoms with van der Waals surface area (Å²) in [6.07, 6.45) is 0. The van der Waals surface area contributed by atoms with Crippen molar-refractivity contribution in [2.24, 2.45) is 5.16 Å². The number of nitrogens with zero attached hydrogens (tertiary/aromatic N) is 5. The number of likely N-dealkylation sites (N-methyl/N-ethyl adjacent to an activating group) is 2. The molecule has 0 aromatic heterocycles. The minimum absolute atomic E-state index is 0.0467. The molecule has 0 bridgehead atoms. The fraction of sp³-hybridized carbons (Fsp3) is 0.583. The highest BCUT2D eigenvalue weighted by molar-refractivity contribution is 6.36. The van der Waals surface area contributed by atoms with Crippen LogP contribution in [0.25, 0.3) is 0 Å². The number of amides is 6. The van der Waals surface area contributed by atoms with E-state index in [1.165, 1.54) is 28.1 Å². The number of hydrogen-bond donors (Lipinski definition) is 1. The average Bonchev–Trinajstić information content (AvgIpc) is 2.50. The molecule has 0 unspecified atom stereocenters. The average molecular weight is 329 g/mol. The van der Waals surface area contributed by atoms with Crippen LogP contribution in [0.4, 0.5) is 9.59 Å². The van der Waals surface area contributed by atoms with Crippen molar-refractivity contribution in [1.29, 1.82) is 0 Å². The van der Waals surface area contributed by atoms with Crippen molar-refractivity contribution in [2.75, 3.05) is 35.3 Å². The summed E-state index contributed by atoms with van der Waals surface area (Å²) in [6, 6.07) is -1.94. The van der Waals surface area contributed by atoms with Gasteiger partial charge in [0.05, 0.1) is 0 Å². The normalized spacial score (nSPS) is 18.2. The van der Waals surface area contributed by atoms with Gasteiger partial charge in [-0.05, 0) is 6.92 Å². The number of urea groups is 2. The first-order valence-corrected chi connectivity index (χ1v) is 6.44. The highest BCUT2D eigenvalue weighted by Gasteiger charge is 2.64. The summed E-state index contributed by atoms with van der Waals surface area (Å²) >= 11 is 0. The van der Waals surface area contributed by atoms with Crippen LogP contribution < -0.4 is 0 Å². The molecular formula is C12H19N5O6. The van der Waals surface area contributed by atoms with Crippen molar-refractivity contribution in [3.63, 3.8) is 0 Å². The van der Waals surface area contributed by atoms with Gasteiger partial charge in [-0.15, -0.1) is 0 Å². The van der Waals surface area contributed by atoms with Crippen molar-refractivity contribution in [3.05, 3.63) is 0 Å². The maximum Gasteiger partial charge on any atom is 0.345 e. The van der Waals surface area contributed by atoms with Crippen LogP contribution in [0.3, 0.4) is 0 Å². The maximum atomic E-state index is 12.6. The second-order valence-electron chi connectivity index (χ2n) is 5.07. The summed E-state index contributed by atoms with van der Waals surface area (Å²) in [5.74, 6) is -2.25. The van der Waals surface area contributed by atoms with Gasteiger partial charge in [0.25, 0.3) is 17.4 Å². The van der Waals surface area contributed by atoms with Crippen LogP contribution in [0.5, 0.6) is 0 Å². The highest BCUT2D eigenvalue weighted by atomic mass is 16.6. The number of oxime groups is 1. The molecule has 1 aliphatic rings. The largest absolute Gasteiger partial charge is 0.399 e. The van der Waals surface area contributed by atoms with E-state index >= 15 is 0 Å². The lowest BCUT2D eigenvalue weighted by Gasteiger charge is -2.44. The lowest BCUT2D eigenvalue weighted by Crippen LogP contribution is -2.76. The zero-order valence-corrected chi connectivity index (χ0v) is 13.7. The molecule has 0 spiro atoms. The Kier molecular flexibility index (Phi) is 4.95. The first-order valence-electron chi connectivity index (χ1n) is 6.44. The molecule has 0 atom stereocenters. The topological polar surface area (TPSA) is 123 Å². The third-order valence-corrected chi connectivity index (χ3v) is 3.44. The minimum atomic E-state index is -2.53. The lowest BCUT2D eigenvalue weighted by atomic mass is 9.88. The Morgan fingerprint density at radius 3 is 1.96 bits per heavy atom. The molecule has 6 amide bonds. The summed E-state index contributed by atoms with van der Waals surface area (Å²) in [7, 11) is 6.05. The van der Waals surface area contributed by atoms with Crippen molar-refractivity contribution in [2.45, 2.75) is 12.5 Å². The number of hydroxylamine groups is 2. The number of rotatable bonds is 3. The molecule has 1 fully saturated rings. The summed E-state index contributed by atoms with van der Waals surface area (Å²) < 4.78 is 0. The van der Waals surface area contributed by atoms with Gasteiger partial charge in [0, 0.05) is 28.2 Å². The molecule has 0 aromatic carbocycles. The number of carbonyl (C=O) groups excluding carboxylic acids is 4. The van der Waals surface area contributed by atoms with Gasteiger partial charge in [0.15, 0.2) is 0 Å². The van der Waals surface area contributed by atoms with Gasteiger partial charge < -0.3 is 9.74 Å². The standard InChI is InChI=1S/C12H19N5O6/c1-7(13-23-6)12(17(22)10(20)14(2)3)8(18)15(4)11(21)16(5)9(12)19/h22H,1-6H3. The molecule has 0 saturated carbocycles. The molecule has 23 heavy (non-hydrogen) atoms. The second-order valence-corrected chi connectivity index (χ2v) is 5.07. The first-order chi connectivity index (χ1) is 10.5. The Hall–Kier alpha value is -2.69. The van der Waals surface area contributed by atoms with Gasteiger partial charge in [0.1, 0.15) is 12.8 Å². The predicted molar refractivity (Wildman–Crippen MR) is 76.5 cm³/mol. The number of hydrogen-bond acceptors (Lipinski definition) is 7. The van der Waals surface area contributed by atoms with E-state index in [0.29, 0.717) is 9.80 Å². The molecule has 11 nitrogen and oxygen atoms in total. The van der Waals surface area contributed by atoms with Crippen LogP contribution in [0.2, 0.25) is 0 Å². The van der Waals surface area contributed by atoms with Crippen LogP contribution in [0.15, 0.2) is 5.16 Å². The molecule has 1 aliphatic heterocycles. The van der Waals surface area contributed by atoms with Crippen LogP contribution in [0.1, 0.15) is 6.92 Å². The van der Waals surface area contributed by atoms with E-state index in [1.807, 2.05) is 0 Å². The van der Waals surface area contributed by atoms with E-state index in [0.717, 1.165) is 19.0 Å². The van der Waals surface area contributed by atoms with Crippen LogP contribution in [-0.4, -0.2) is 95.4 Å². The van der Waals surface area contributed by atoms with E-state index in [1.54, 1.807) is 0 Å². The Morgan fingerprint density at radius 2 is 1.61 bits per heavy atom. The fourth-order valence-electron chi connectivity index (χ4n) is 2.16. The van der Waals surface area contributed by atoms with Gasteiger partial charge in [0.2, 0.25) is 0 Å². The number of carbonyl (C=O) groups is 4. The van der Waals surface area contributed by atoms with E-state index in [2.05, 4.69) is 9.99 Å². The maximum absolute atomic E-state index is 12.6. The summed E-state index contributed by atoms with van der Waals surface area (Å²) in [4.78, 5) is 56.0. The third kappa shape index (κ3) is 2.48. The number of imide groups is 2. The van der Waals surface area contributed by atoms with Gasteiger partial charge >= 0.3 is 12.1 Å². The molecule has 0 aromatic rings. The highest BCUT2D eigenvalue weighted by Crippen LogP contribution is 2.28. The van der Waals surface area contributed by atoms with E-state index in [4.69, 9.17) is 0 Å². The molecule has 0 aliphatic carbocycles. The summed E-state index contributed by atoms with van der Waals surface area (Å²) in [5.41, 5.74) is -2.84. The fourth-order valence-corrected chi connectivity index (χ4v) is 2.16. The molecule has 1 saturated heterocycles. The zero-order valence-electron chi connectivity index (χ0n) is 13.7. The monoisotopic (exact) mass is 329 g/mol. The van der Waals surface area contributed by atoms with Crippen molar-refractivity contribution in [3.8, 4) is 0 Å². The Morgan fingerprint density at radius 1 is 1.17 bits per heavy atom. The van der Waals surface area contributed by atoms with Crippen LogP contribution in [0, 0.1) is 0 Å². The molecule has 1 rings (SSSR count). The van der Waals surface area contributed by atoms with Gasteiger partial charge in [-0.3, -0.25) is 24.6 Å². The lowest BCUT2D eigenvalue weighted by molar-refractivity contribution is -0.175. The van der Waals surface area contributed by atoms with E-state index in [-0.39, 0.29) is 10.8 Å². The minimum Gasteiger partial charge on any atom is -0.399 e. The van der Waals surface area contributed by atoms with Crippen molar-refractivity contribution in [1.82, 2.24) is 19.8 Å². The summed E-state index contributed by atoms with van der Waals surface area (Å²) in [6.45, 7) is 1.23. The van der Waals surface area contributed by atoms with E-state index in [9.17, 15) is 24.4 Å². The molecule has 0 radical (unpaired) electrons. The molecule has 1 heterocycles. The van der Waals surface area contributed by atoms with Crippen LogP contribution in [-0.2, 0) is 14.4 Å². The zero-order chi connectivity index (χ0) is 18.1. The van der Waals surface area contributed by atoms with Crippen molar-refractivity contribution >= 4 is 29.6 Å². The Balaban J connectivity index is 3.67. The smallest absolute Gasteiger partial charge is 0.345 e. The third-order valence-electron chi connectivity index (χ3n) is 3.44. The van der Waals surface area contributed by atoms with Gasteiger partial charge in [-0.1, -0.05) is 5.16 Å². The van der Waals surface area contributed by atoms with Crippen molar-refractivity contribution < 1.29 is 29.2 Å². The molecule has 128 valence electrons. The number of barbiturate groups is 1. The SMILES string of the molecule is CON=C(C)C1(N(O)C(=O)N(C)C)C(=O)N(C)C(=O)N(C)C1=O. The van der Waals surface area contributed by atoms with E-state index < -0.39 is 29.4 Å². The molecular weight excluding hydrogens is 310 g/mol. The Bertz CT molecular complexity index is 562. The summed E-state index contributed by atoms with van der Waals surface area (Å²) in [5, 5.41) is 13.8. The van der Waals surface area contributed by atoms with Crippen LogP contribution >= 0.6 is 0 Å². The predicted octanol–water partition coefficient (Wildman–Crippen LogP) is -0.829. The quantitative estimate of drug-likeness (QED) is 0.312. The first kappa shape index (κ1) is 18.4.